The minimum atomic E-state index is -0.0995. The fraction of sp³-hybridized carbons (Fsp3) is 0.333. The normalized spacial score (nSPS) is 14.7. The molecule has 1 saturated heterocycles. The maximum atomic E-state index is 12.8. The summed E-state index contributed by atoms with van der Waals surface area (Å²) in [7, 11) is 0. The van der Waals surface area contributed by atoms with Crippen LogP contribution in [0.1, 0.15) is 34.9 Å². The standard InChI is InChI=1S/C21H23N5O3/c1-14-4-5-17(29-14)13-23-20(27)15-6-9-26(10-7-15)21(28)19-11-18(24-25-19)16-3-2-8-22-12-16/h2-5,8,11-12,15H,6-7,9-10,13H2,1H3,(H,23,27)(H,24,25). The molecule has 0 atom stereocenters. The van der Waals surface area contributed by atoms with Crippen LogP contribution in [-0.2, 0) is 11.3 Å². The van der Waals surface area contributed by atoms with Crippen molar-refractivity contribution in [2.24, 2.45) is 5.92 Å². The first-order chi connectivity index (χ1) is 14.1. The zero-order valence-electron chi connectivity index (χ0n) is 16.2. The number of H-pyrrole nitrogens is 1. The average molecular weight is 393 g/mol. The Labute approximate surface area is 168 Å². The highest BCUT2D eigenvalue weighted by molar-refractivity contribution is 5.93. The maximum absolute atomic E-state index is 12.8. The molecule has 3 aromatic rings. The number of rotatable bonds is 5. The molecule has 2 N–H and O–H groups in total. The molecule has 1 fully saturated rings. The van der Waals surface area contributed by atoms with Crippen molar-refractivity contribution in [1.29, 1.82) is 0 Å². The molecule has 8 nitrogen and oxygen atoms in total. The molecule has 3 aromatic heterocycles. The number of likely N-dealkylation sites (tertiary alicyclic amines) is 1. The van der Waals surface area contributed by atoms with Crippen LogP contribution in [-0.4, -0.2) is 45.0 Å². The van der Waals surface area contributed by atoms with Gasteiger partial charge >= 0.3 is 0 Å². The first kappa shape index (κ1) is 18.9. The Bertz CT molecular complexity index is 987. The lowest BCUT2D eigenvalue weighted by atomic mass is 9.95. The number of hydrogen-bond donors (Lipinski definition) is 2. The van der Waals surface area contributed by atoms with Gasteiger partial charge in [0, 0.05) is 37.0 Å². The van der Waals surface area contributed by atoms with Gasteiger partial charge in [-0.25, -0.2) is 0 Å². The van der Waals surface area contributed by atoms with Crippen LogP contribution in [0.3, 0.4) is 0 Å². The molecular formula is C21H23N5O3. The highest BCUT2D eigenvalue weighted by Gasteiger charge is 2.28. The molecule has 4 heterocycles. The lowest BCUT2D eigenvalue weighted by Crippen LogP contribution is -2.43. The Morgan fingerprint density at radius 1 is 1.28 bits per heavy atom. The van der Waals surface area contributed by atoms with Crippen molar-refractivity contribution in [2.75, 3.05) is 13.1 Å². The van der Waals surface area contributed by atoms with Crippen LogP contribution in [0.5, 0.6) is 0 Å². The van der Waals surface area contributed by atoms with Crippen molar-refractivity contribution in [3.8, 4) is 11.3 Å². The van der Waals surface area contributed by atoms with E-state index in [2.05, 4.69) is 20.5 Å². The number of hydrogen-bond acceptors (Lipinski definition) is 5. The number of nitrogens with one attached hydrogen (secondary N) is 2. The molecule has 0 bridgehead atoms. The number of amides is 2. The van der Waals surface area contributed by atoms with E-state index in [-0.39, 0.29) is 17.7 Å². The number of carbonyl (C=O) groups excluding carboxylic acids is 2. The van der Waals surface area contributed by atoms with Crippen LogP contribution in [0.25, 0.3) is 11.3 Å². The van der Waals surface area contributed by atoms with Gasteiger partial charge in [-0.15, -0.1) is 0 Å². The summed E-state index contributed by atoms with van der Waals surface area (Å²) in [6.07, 6.45) is 4.67. The summed E-state index contributed by atoms with van der Waals surface area (Å²) >= 11 is 0. The summed E-state index contributed by atoms with van der Waals surface area (Å²) in [6, 6.07) is 9.20. The molecule has 0 aliphatic carbocycles. The zero-order valence-corrected chi connectivity index (χ0v) is 16.2. The quantitative estimate of drug-likeness (QED) is 0.693. The second-order valence-corrected chi connectivity index (χ2v) is 7.21. The van der Waals surface area contributed by atoms with Crippen molar-refractivity contribution in [2.45, 2.75) is 26.3 Å². The van der Waals surface area contributed by atoms with Gasteiger partial charge in [-0.1, -0.05) is 0 Å². The number of furan rings is 1. The van der Waals surface area contributed by atoms with E-state index in [4.69, 9.17) is 4.42 Å². The van der Waals surface area contributed by atoms with Crippen LogP contribution >= 0.6 is 0 Å². The lowest BCUT2D eigenvalue weighted by molar-refractivity contribution is -0.126. The number of piperidine rings is 1. The van der Waals surface area contributed by atoms with Gasteiger partial charge in [0.05, 0.1) is 12.2 Å². The Balaban J connectivity index is 1.29. The van der Waals surface area contributed by atoms with E-state index in [1.54, 1.807) is 23.4 Å². The molecular weight excluding hydrogens is 370 g/mol. The number of carbonyl (C=O) groups is 2. The summed E-state index contributed by atoms with van der Waals surface area (Å²) < 4.78 is 5.47. The third-order valence-corrected chi connectivity index (χ3v) is 5.15. The number of pyridine rings is 1. The molecule has 8 heteroatoms. The molecule has 0 radical (unpaired) electrons. The first-order valence-corrected chi connectivity index (χ1v) is 9.68. The summed E-state index contributed by atoms with van der Waals surface area (Å²) in [6.45, 7) is 3.34. The summed E-state index contributed by atoms with van der Waals surface area (Å²) in [4.78, 5) is 31.0. The van der Waals surface area contributed by atoms with E-state index in [1.807, 2.05) is 31.2 Å². The lowest BCUT2D eigenvalue weighted by Gasteiger charge is -2.30. The van der Waals surface area contributed by atoms with E-state index in [9.17, 15) is 9.59 Å². The average Bonchev–Trinajstić information content (AvgIpc) is 3.41. The number of aromatic nitrogens is 3. The Hall–Kier alpha value is -3.42. The molecule has 0 saturated carbocycles. The predicted octanol–water partition coefficient (Wildman–Crippen LogP) is 2.54. The van der Waals surface area contributed by atoms with Crippen LogP contribution in [0, 0.1) is 12.8 Å². The van der Waals surface area contributed by atoms with Crippen LogP contribution in [0.2, 0.25) is 0 Å². The SMILES string of the molecule is Cc1ccc(CNC(=O)C2CCN(C(=O)c3cc(-c4cccnc4)n[nH]3)CC2)o1. The van der Waals surface area contributed by atoms with Crippen molar-refractivity contribution in [3.05, 3.63) is 59.9 Å². The highest BCUT2D eigenvalue weighted by atomic mass is 16.3. The minimum Gasteiger partial charge on any atom is -0.465 e. The monoisotopic (exact) mass is 393 g/mol. The topological polar surface area (TPSA) is 104 Å². The largest absolute Gasteiger partial charge is 0.465 e. The molecule has 4 rings (SSSR count). The first-order valence-electron chi connectivity index (χ1n) is 9.68. The number of aryl methyl sites for hydroxylation is 1. The van der Waals surface area contributed by atoms with Gasteiger partial charge in [0.1, 0.15) is 17.2 Å². The van der Waals surface area contributed by atoms with Crippen LogP contribution in [0.4, 0.5) is 0 Å². The molecule has 0 unspecified atom stereocenters. The van der Waals surface area contributed by atoms with Gasteiger partial charge in [0.25, 0.3) is 5.91 Å². The molecule has 1 aliphatic heterocycles. The molecule has 1 aliphatic rings. The van der Waals surface area contributed by atoms with E-state index in [0.29, 0.717) is 43.9 Å². The molecule has 29 heavy (non-hydrogen) atoms. The van der Waals surface area contributed by atoms with Gasteiger partial charge in [-0.2, -0.15) is 5.10 Å². The van der Waals surface area contributed by atoms with E-state index in [1.165, 1.54) is 0 Å². The van der Waals surface area contributed by atoms with E-state index < -0.39 is 0 Å². The predicted molar refractivity (Wildman–Crippen MR) is 106 cm³/mol. The van der Waals surface area contributed by atoms with Crippen LogP contribution in [0.15, 0.2) is 47.1 Å². The molecule has 150 valence electrons. The highest BCUT2D eigenvalue weighted by Crippen LogP contribution is 2.21. The van der Waals surface area contributed by atoms with Gasteiger partial charge in [-0.3, -0.25) is 19.7 Å². The zero-order chi connectivity index (χ0) is 20.2. The fourth-order valence-corrected chi connectivity index (χ4v) is 3.51. The Kier molecular flexibility index (Phi) is 5.41. The molecule has 0 aromatic carbocycles. The van der Waals surface area contributed by atoms with Gasteiger partial charge in [0.15, 0.2) is 0 Å². The fourth-order valence-electron chi connectivity index (χ4n) is 3.51. The van der Waals surface area contributed by atoms with Crippen molar-refractivity contribution in [1.82, 2.24) is 25.4 Å². The Morgan fingerprint density at radius 3 is 2.79 bits per heavy atom. The van der Waals surface area contributed by atoms with Crippen LogP contribution < -0.4 is 5.32 Å². The summed E-state index contributed by atoms with van der Waals surface area (Å²) in [5.74, 6) is 1.38. The smallest absolute Gasteiger partial charge is 0.271 e. The van der Waals surface area contributed by atoms with Gasteiger partial charge < -0.3 is 14.6 Å². The molecule has 2 amide bonds. The van der Waals surface area contributed by atoms with Crippen molar-refractivity contribution in [3.63, 3.8) is 0 Å². The van der Waals surface area contributed by atoms with Crippen molar-refractivity contribution >= 4 is 11.8 Å². The summed E-state index contributed by atoms with van der Waals surface area (Å²) in [5.41, 5.74) is 1.98. The third-order valence-electron chi connectivity index (χ3n) is 5.15. The maximum Gasteiger partial charge on any atom is 0.271 e. The Morgan fingerprint density at radius 2 is 2.10 bits per heavy atom. The third kappa shape index (κ3) is 4.37. The van der Waals surface area contributed by atoms with E-state index >= 15 is 0 Å². The number of nitrogens with zero attached hydrogens (tertiary/aromatic N) is 3. The second kappa shape index (κ2) is 8.30. The van der Waals surface area contributed by atoms with Gasteiger partial charge in [0.2, 0.25) is 5.91 Å². The number of aromatic amines is 1. The molecule has 0 spiro atoms. The minimum absolute atomic E-state index is 0.00607. The van der Waals surface area contributed by atoms with Crippen molar-refractivity contribution < 1.29 is 14.0 Å². The van der Waals surface area contributed by atoms with Gasteiger partial charge in [-0.05, 0) is 50.1 Å². The summed E-state index contributed by atoms with van der Waals surface area (Å²) in [5, 5.41) is 9.95. The van der Waals surface area contributed by atoms with E-state index in [0.717, 1.165) is 17.1 Å². The second-order valence-electron chi connectivity index (χ2n) is 7.21.